The molecule has 142 valence electrons. The number of benzene rings is 1. The molecule has 2 atom stereocenters. The summed E-state index contributed by atoms with van der Waals surface area (Å²) in [5, 5.41) is 3.28. The molecule has 4 heteroatoms. The molecule has 0 aromatic heterocycles. The lowest BCUT2D eigenvalue weighted by Crippen LogP contribution is -2.44. The van der Waals surface area contributed by atoms with Gasteiger partial charge in [0.2, 0.25) is 5.91 Å². The third kappa shape index (κ3) is 3.75. The molecule has 3 aliphatic rings. The molecule has 1 aromatic carbocycles. The number of hydrogen-bond acceptors (Lipinski definition) is 3. The van der Waals surface area contributed by atoms with Crippen LogP contribution in [0.25, 0.3) is 0 Å². The number of fused-ring (bicyclic) bond motifs is 3. The largest absolute Gasteiger partial charge is 0.497 e. The Balaban J connectivity index is 1.36. The summed E-state index contributed by atoms with van der Waals surface area (Å²) in [7, 11) is 1.74. The summed E-state index contributed by atoms with van der Waals surface area (Å²) in [5.41, 5.74) is 2.91. The van der Waals surface area contributed by atoms with E-state index in [0.717, 1.165) is 51.1 Å². The first-order valence-corrected chi connectivity index (χ1v) is 10.4. The summed E-state index contributed by atoms with van der Waals surface area (Å²) in [5.74, 6) is 2.13. The number of nitrogens with one attached hydrogen (secondary N) is 1. The summed E-state index contributed by atoms with van der Waals surface area (Å²) >= 11 is 0. The molecule has 1 saturated carbocycles. The maximum atomic E-state index is 12.5. The molecule has 1 N–H and O–H groups in total. The lowest BCUT2D eigenvalue weighted by Gasteiger charge is -2.43. The van der Waals surface area contributed by atoms with E-state index < -0.39 is 0 Å². The molecular formula is C22H32N2O2. The molecule has 1 aromatic rings. The molecule has 0 radical (unpaired) electrons. The lowest BCUT2D eigenvalue weighted by molar-refractivity contribution is -0.126. The second-order valence-electron chi connectivity index (χ2n) is 8.34. The number of hydrogen-bond donors (Lipinski definition) is 1. The molecule has 2 unspecified atom stereocenters. The highest BCUT2D eigenvalue weighted by Crippen LogP contribution is 2.39. The van der Waals surface area contributed by atoms with Gasteiger partial charge in [0.05, 0.1) is 7.11 Å². The zero-order chi connectivity index (χ0) is 17.9. The number of piperidine rings is 1. The van der Waals surface area contributed by atoms with Crippen LogP contribution in [0.2, 0.25) is 0 Å². The van der Waals surface area contributed by atoms with E-state index in [1.165, 1.54) is 36.8 Å². The van der Waals surface area contributed by atoms with Crippen molar-refractivity contribution in [2.45, 2.75) is 57.4 Å². The summed E-state index contributed by atoms with van der Waals surface area (Å²) in [6, 6.07) is 7.07. The zero-order valence-corrected chi connectivity index (χ0v) is 16.0. The van der Waals surface area contributed by atoms with Gasteiger partial charge in [0, 0.05) is 25.0 Å². The minimum absolute atomic E-state index is 0.270. The van der Waals surface area contributed by atoms with E-state index in [0.29, 0.717) is 17.9 Å². The Morgan fingerprint density at radius 3 is 2.85 bits per heavy atom. The maximum absolute atomic E-state index is 12.5. The third-order valence-corrected chi connectivity index (χ3v) is 6.74. The second-order valence-corrected chi connectivity index (χ2v) is 8.34. The molecule has 26 heavy (non-hydrogen) atoms. The molecule has 2 heterocycles. The first-order valence-electron chi connectivity index (χ1n) is 10.4. The predicted molar refractivity (Wildman–Crippen MR) is 103 cm³/mol. The first kappa shape index (κ1) is 17.8. The topological polar surface area (TPSA) is 41.6 Å². The molecule has 2 fully saturated rings. The zero-order valence-electron chi connectivity index (χ0n) is 16.0. The van der Waals surface area contributed by atoms with Gasteiger partial charge in [-0.15, -0.1) is 0 Å². The second kappa shape index (κ2) is 7.99. The number of rotatable bonds is 4. The fraction of sp³-hybridized carbons (Fsp3) is 0.682. The minimum Gasteiger partial charge on any atom is -0.497 e. The fourth-order valence-electron chi connectivity index (χ4n) is 5.13. The number of nitrogens with zero attached hydrogens (tertiary/aromatic N) is 1. The predicted octanol–water partition coefficient (Wildman–Crippen LogP) is 3.70. The SMILES string of the molecule is COc1ccc2c(c1)CCN1CCC(CNC(=O)C3CCCCC3)CC21. The summed E-state index contributed by atoms with van der Waals surface area (Å²) in [4.78, 5) is 15.1. The van der Waals surface area contributed by atoms with Gasteiger partial charge in [-0.2, -0.15) is 0 Å². The van der Waals surface area contributed by atoms with Crippen molar-refractivity contribution in [1.82, 2.24) is 10.2 Å². The van der Waals surface area contributed by atoms with Gasteiger partial charge in [-0.05, 0) is 67.8 Å². The highest BCUT2D eigenvalue weighted by Gasteiger charge is 2.34. The summed E-state index contributed by atoms with van der Waals surface area (Å²) in [6.07, 6.45) is 9.39. The van der Waals surface area contributed by atoms with Gasteiger partial charge >= 0.3 is 0 Å². The van der Waals surface area contributed by atoms with E-state index in [9.17, 15) is 4.79 Å². The van der Waals surface area contributed by atoms with E-state index in [2.05, 4.69) is 28.4 Å². The number of carbonyl (C=O) groups is 1. The number of carbonyl (C=O) groups excluding carboxylic acids is 1. The Kier molecular flexibility index (Phi) is 5.49. The van der Waals surface area contributed by atoms with Gasteiger partial charge < -0.3 is 10.1 Å². The van der Waals surface area contributed by atoms with Crippen molar-refractivity contribution in [3.8, 4) is 5.75 Å². The van der Waals surface area contributed by atoms with Gasteiger partial charge in [0.25, 0.3) is 0 Å². The van der Waals surface area contributed by atoms with Crippen molar-refractivity contribution in [3.05, 3.63) is 29.3 Å². The minimum atomic E-state index is 0.270. The van der Waals surface area contributed by atoms with Crippen LogP contribution in [0.15, 0.2) is 18.2 Å². The van der Waals surface area contributed by atoms with Crippen LogP contribution in [-0.4, -0.2) is 37.6 Å². The standard InChI is InChI=1S/C22H32N2O2/c1-26-19-7-8-20-18(14-19)10-12-24-11-9-16(13-21(20)24)15-23-22(25)17-5-3-2-4-6-17/h7-8,14,16-17,21H,2-6,9-13,15H2,1H3,(H,23,25). The van der Waals surface area contributed by atoms with Gasteiger partial charge in [0.1, 0.15) is 5.75 Å². The van der Waals surface area contributed by atoms with E-state index >= 15 is 0 Å². The fourth-order valence-corrected chi connectivity index (χ4v) is 5.13. The van der Waals surface area contributed by atoms with Crippen molar-refractivity contribution in [2.24, 2.45) is 11.8 Å². The number of ether oxygens (including phenoxy) is 1. The van der Waals surface area contributed by atoms with Gasteiger partial charge in [-0.3, -0.25) is 9.69 Å². The highest BCUT2D eigenvalue weighted by atomic mass is 16.5. The number of methoxy groups -OCH3 is 1. The lowest BCUT2D eigenvalue weighted by atomic mass is 9.82. The van der Waals surface area contributed by atoms with Gasteiger partial charge in [-0.25, -0.2) is 0 Å². The van der Waals surface area contributed by atoms with E-state index in [1.807, 2.05) is 0 Å². The first-order chi connectivity index (χ1) is 12.7. The Morgan fingerprint density at radius 1 is 1.19 bits per heavy atom. The Morgan fingerprint density at radius 2 is 2.04 bits per heavy atom. The van der Waals surface area contributed by atoms with Crippen LogP contribution in [-0.2, 0) is 11.2 Å². The van der Waals surface area contributed by atoms with E-state index in [-0.39, 0.29) is 5.92 Å². The molecule has 4 rings (SSSR count). The van der Waals surface area contributed by atoms with Crippen LogP contribution in [0, 0.1) is 11.8 Å². The molecule has 1 aliphatic carbocycles. The normalized spacial score (nSPS) is 26.7. The molecule has 1 amide bonds. The summed E-state index contributed by atoms with van der Waals surface area (Å²) in [6.45, 7) is 3.15. The maximum Gasteiger partial charge on any atom is 0.223 e. The Bertz CT molecular complexity index is 639. The monoisotopic (exact) mass is 356 g/mol. The smallest absolute Gasteiger partial charge is 0.223 e. The number of amides is 1. The molecule has 1 saturated heterocycles. The van der Waals surface area contributed by atoms with Gasteiger partial charge in [-0.1, -0.05) is 25.3 Å². The van der Waals surface area contributed by atoms with Crippen LogP contribution >= 0.6 is 0 Å². The van der Waals surface area contributed by atoms with E-state index in [4.69, 9.17) is 4.74 Å². The van der Waals surface area contributed by atoms with Crippen LogP contribution in [0.5, 0.6) is 5.75 Å². The summed E-state index contributed by atoms with van der Waals surface area (Å²) < 4.78 is 5.40. The van der Waals surface area contributed by atoms with Crippen LogP contribution < -0.4 is 10.1 Å². The molecular weight excluding hydrogens is 324 g/mol. The quantitative estimate of drug-likeness (QED) is 0.894. The average Bonchev–Trinajstić information content (AvgIpc) is 2.71. The molecule has 0 spiro atoms. The Hall–Kier alpha value is -1.55. The molecule has 0 bridgehead atoms. The third-order valence-electron chi connectivity index (χ3n) is 6.74. The Labute approximate surface area is 157 Å². The van der Waals surface area contributed by atoms with E-state index in [1.54, 1.807) is 7.11 Å². The van der Waals surface area contributed by atoms with Gasteiger partial charge in [0.15, 0.2) is 0 Å². The highest BCUT2D eigenvalue weighted by molar-refractivity contribution is 5.78. The van der Waals surface area contributed by atoms with Crippen molar-refractivity contribution >= 4 is 5.91 Å². The van der Waals surface area contributed by atoms with Crippen molar-refractivity contribution in [2.75, 3.05) is 26.7 Å². The van der Waals surface area contributed by atoms with Crippen LogP contribution in [0.4, 0.5) is 0 Å². The van der Waals surface area contributed by atoms with Crippen LogP contribution in [0.1, 0.15) is 62.1 Å². The van der Waals surface area contributed by atoms with Crippen molar-refractivity contribution in [3.63, 3.8) is 0 Å². The molecule has 2 aliphatic heterocycles. The average molecular weight is 357 g/mol. The van der Waals surface area contributed by atoms with Crippen molar-refractivity contribution in [1.29, 1.82) is 0 Å². The molecule has 4 nitrogen and oxygen atoms in total. The van der Waals surface area contributed by atoms with Crippen molar-refractivity contribution < 1.29 is 9.53 Å². The van der Waals surface area contributed by atoms with Crippen LogP contribution in [0.3, 0.4) is 0 Å².